The zero-order valence-corrected chi connectivity index (χ0v) is 11.5. The molecule has 0 spiro atoms. The second-order valence-corrected chi connectivity index (χ2v) is 5.37. The Morgan fingerprint density at radius 2 is 1.85 bits per heavy atom. The number of fused-ring (bicyclic) bond motifs is 2. The maximum Gasteiger partial charge on any atom is 0.157 e. The molecule has 3 N–H and O–H groups in total. The molecule has 1 aromatic rings. The van der Waals surface area contributed by atoms with Gasteiger partial charge >= 0.3 is 0 Å². The molecule has 0 saturated carbocycles. The lowest BCUT2D eigenvalue weighted by atomic mass is 10.0. The van der Waals surface area contributed by atoms with E-state index in [0.717, 1.165) is 35.1 Å². The van der Waals surface area contributed by atoms with E-state index >= 15 is 0 Å². The van der Waals surface area contributed by atoms with Gasteiger partial charge in [-0.3, -0.25) is 10.4 Å². The highest BCUT2D eigenvalue weighted by Gasteiger charge is 2.29. The summed E-state index contributed by atoms with van der Waals surface area (Å²) >= 11 is 0. The quantitative estimate of drug-likeness (QED) is 0.786. The molecule has 0 bridgehead atoms. The first-order chi connectivity index (χ1) is 9.63. The molecule has 1 heterocycles. The summed E-state index contributed by atoms with van der Waals surface area (Å²) in [6.45, 7) is 2.06. The Bertz CT molecular complexity index is 559. The van der Waals surface area contributed by atoms with Gasteiger partial charge in [-0.05, 0) is 48.4 Å². The Balaban J connectivity index is 1.97. The first kappa shape index (κ1) is 13.4. The molecule has 0 amide bonds. The summed E-state index contributed by atoms with van der Waals surface area (Å²) in [5.41, 5.74) is 3.38. The van der Waals surface area contributed by atoms with Crippen LogP contribution < -0.4 is 10.2 Å². The van der Waals surface area contributed by atoms with E-state index in [4.69, 9.17) is 5.11 Å². The predicted octanol–water partition coefficient (Wildman–Crippen LogP) is 1.91. The molecule has 6 heteroatoms. The third kappa shape index (κ3) is 2.06. The second-order valence-electron chi connectivity index (χ2n) is 5.37. The zero-order chi connectivity index (χ0) is 14.3. The van der Waals surface area contributed by atoms with Gasteiger partial charge in [0, 0.05) is 13.0 Å². The van der Waals surface area contributed by atoms with E-state index in [1.807, 2.05) is 19.1 Å². The van der Waals surface area contributed by atoms with Crippen molar-refractivity contribution >= 4 is 17.2 Å². The van der Waals surface area contributed by atoms with Crippen LogP contribution in [0.1, 0.15) is 30.9 Å². The van der Waals surface area contributed by atoms with Crippen LogP contribution in [0.2, 0.25) is 0 Å². The van der Waals surface area contributed by atoms with Crippen molar-refractivity contribution in [2.45, 2.75) is 32.6 Å². The van der Waals surface area contributed by atoms with E-state index in [-0.39, 0.29) is 6.61 Å². The number of aliphatic hydroxyl groups is 1. The number of aliphatic hydroxyl groups excluding tert-OH is 1. The third-order valence-corrected chi connectivity index (χ3v) is 4.07. The van der Waals surface area contributed by atoms with Crippen LogP contribution in [0.4, 0.5) is 11.4 Å². The molecule has 6 nitrogen and oxygen atoms in total. The van der Waals surface area contributed by atoms with E-state index in [1.54, 1.807) is 0 Å². The number of hydrogen-bond acceptors (Lipinski definition) is 6. The molecule has 3 rings (SSSR count). The molecular weight excluding hydrogens is 258 g/mol. The van der Waals surface area contributed by atoms with Crippen LogP contribution >= 0.6 is 0 Å². The molecule has 0 radical (unpaired) electrons. The van der Waals surface area contributed by atoms with Gasteiger partial charge in [0.15, 0.2) is 5.84 Å². The van der Waals surface area contributed by atoms with Crippen molar-refractivity contribution in [1.29, 1.82) is 0 Å². The first-order valence-corrected chi connectivity index (χ1v) is 6.96. The highest BCUT2D eigenvalue weighted by molar-refractivity contribution is 6.01. The lowest BCUT2D eigenvalue weighted by molar-refractivity contribution is 0.244. The smallest absolute Gasteiger partial charge is 0.157 e. The monoisotopic (exact) mass is 277 g/mol. The van der Waals surface area contributed by atoms with Crippen molar-refractivity contribution in [3.05, 3.63) is 23.3 Å². The maximum atomic E-state index is 10.2. The lowest BCUT2D eigenvalue weighted by Gasteiger charge is -2.29. The van der Waals surface area contributed by atoms with Crippen LogP contribution in [-0.4, -0.2) is 28.0 Å². The van der Waals surface area contributed by atoms with E-state index < -0.39 is 0 Å². The molecule has 1 aromatic carbocycles. The van der Waals surface area contributed by atoms with Crippen molar-refractivity contribution in [3.8, 4) is 0 Å². The van der Waals surface area contributed by atoms with Crippen molar-refractivity contribution < 1.29 is 15.5 Å². The van der Waals surface area contributed by atoms with Crippen molar-refractivity contribution in [1.82, 2.24) is 0 Å². The van der Waals surface area contributed by atoms with E-state index in [1.165, 1.54) is 5.56 Å². The van der Waals surface area contributed by atoms with E-state index in [0.29, 0.717) is 29.5 Å². The minimum absolute atomic E-state index is 0.194. The van der Waals surface area contributed by atoms with Gasteiger partial charge in [-0.2, -0.15) is 0 Å². The van der Waals surface area contributed by atoms with Gasteiger partial charge in [-0.1, -0.05) is 6.92 Å². The topological polar surface area (TPSA) is 79.5 Å². The molecule has 0 aromatic heterocycles. The average molecular weight is 277 g/mol. The van der Waals surface area contributed by atoms with Gasteiger partial charge in [0.05, 0.1) is 5.69 Å². The summed E-state index contributed by atoms with van der Waals surface area (Å²) in [5, 5.41) is 35.0. The predicted molar refractivity (Wildman–Crippen MR) is 75.3 cm³/mol. The summed E-state index contributed by atoms with van der Waals surface area (Å²) in [5.74, 6) is 0.842. The normalized spacial score (nSPS) is 20.8. The summed E-state index contributed by atoms with van der Waals surface area (Å²) in [6.07, 6.45) is 3.10. The zero-order valence-electron chi connectivity index (χ0n) is 11.5. The van der Waals surface area contributed by atoms with Crippen LogP contribution in [0, 0.1) is 5.92 Å². The van der Waals surface area contributed by atoms with Crippen LogP contribution in [0.3, 0.4) is 0 Å². The molecule has 20 heavy (non-hydrogen) atoms. The number of hydroxylamine groups is 1. The summed E-state index contributed by atoms with van der Waals surface area (Å²) < 4.78 is 0. The Kier molecular flexibility index (Phi) is 3.37. The van der Waals surface area contributed by atoms with Gasteiger partial charge in [0.1, 0.15) is 5.69 Å². The van der Waals surface area contributed by atoms with Gasteiger partial charge in [0.2, 0.25) is 0 Å². The average Bonchev–Trinajstić information content (AvgIpc) is 2.83. The van der Waals surface area contributed by atoms with Gasteiger partial charge < -0.3 is 5.11 Å². The minimum atomic E-state index is 0.194. The highest BCUT2D eigenvalue weighted by atomic mass is 16.5. The van der Waals surface area contributed by atoms with Gasteiger partial charge in [-0.15, -0.1) is 10.3 Å². The van der Waals surface area contributed by atoms with Gasteiger partial charge in [0.25, 0.3) is 0 Å². The van der Waals surface area contributed by atoms with Crippen LogP contribution in [-0.2, 0) is 12.8 Å². The fraction of sp³-hybridized carbons (Fsp3) is 0.500. The van der Waals surface area contributed by atoms with Crippen LogP contribution in [0.15, 0.2) is 17.2 Å². The van der Waals surface area contributed by atoms with Crippen molar-refractivity contribution in [3.63, 3.8) is 0 Å². The van der Waals surface area contributed by atoms with Crippen molar-refractivity contribution in [2.75, 3.05) is 16.8 Å². The molecular formula is C14H19N3O3. The fourth-order valence-electron chi connectivity index (χ4n) is 3.02. The molecule has 1 unspecified atom stereocenters. The molecule has 108 valence electrons. The molecule has 1 atom stereocenters. The second kappa shape index (κ2) is 5.05. The Morgan fingerprint density at radius 3 is 2.45 bits per heavy atom. The number of amidine groups is 1. The fourth-order valence-corrected chi connectivity index (χ4v) is 3.02. The Morgan fingerprint density at radius 1 is 1.20 bits per heavy atom. The lowest BCUT2D eigenvalue weighted by Crippen LogP contribution is -2.35. The van der Waals surface area contributed by atoms with Gasteiger partial charge in [-0.25, -0.2) is 5.06 Å². The number of anilines is 2. The number of nitrogens with zero attached hydrogens (tertiary/aromatic N) is 3. The number of benzene rings is 1. The number of hydrogen-bond donors (Lipinski definition) is 3. The number of rotatable bonds is 3. The van der Waals surface area contributed by atoms with E-state index in [9.17, 15) is 10.4 Å². The summed E-state index contributed by atoms with van der Waals surface area (Å²) in [4.78, 5) is 0. The van der Waals surface area contributed by atoms with Crippen molar-refractivity contribution in [2.24, 2.45) is 11.0 Å². The highest BCUT2D eigenvalue weighted by Crippen LogP contribution is 2.39. The Hall–Kier alpha value is -1.63. The molecule has 1 aliphatic carbocycles. The molecule has 0 fully saturated rings. The summed E-state index contributed by atoms with van der Waals surface area (Å²) in [7, 11) is 0. The molecule has 2 aliphatic rings. The van der Waals surface area contributed by atoms with E-state index in [2.05, 4.69) is 5.10 Å². The maximum absolute atomic E-state index is 10.2. The molecule has 0 saturated heterocycles. The van der Waals surface area contributed by atoms with Crippen LogP contribution in [0.25, 0.3) is 0 Å². The Labute approximate surface area is 117 Å². The largest absolute Gasteiger partial charge is 0.396 e. The third-order valence-electron chi connectivity index (χ3n) is 4.07. The standard InChI is InChI=1S/C14H19N3O3/c1-2-14-15-17(20)13-8-11-6-9(3-4-18)5-10(11)7-12(13)16(14)19/h7-9,18-20H,2-6H2,1H3. The minimum Gasteiger partial charge on any atom is -0.396 e. The molecule has 1 aliphatic heterocycles. The summed E-state index contributed by atoms with van der Waals surface area (Å²) in [6, 6.07) is 3.79. The SMILES string of the molecule is CCC1=NN(O)c2cc3c(cc2N1O)CC(CCO)C3. The van der Waals surface area contributed by atoms with Crippen LogP contribution in [0.5, 0.6) is 0 Å². The number of hydrazone groups is 1. The first-order valence-electron chi connectivity index (χ1n) is 6.96.